The summed E-state index contributed by atoms with van der Waals surface area (Å²) >= 11 is 0. The van der Waals surface area contributed by atoms with Crippen LogP contribution in [0, 0.1) is 34.6 Å². The van der Waals surface area contributed by atoms with Crippen LogP contribution in [-0.4, -0.2) is 0 Å². The topological polar surface area (TPSA) is 0 Å². The number of benzene rings is 7. The van der Waals surface area contributed by atoms with Crippen LogP contribution in [0.2, 0.25) is 0 Å². The molecule has 0 amide bonds. The number of rotatable bonds is 6. The Labute approximate surface area is 333 Å². The van der Waals surface area contributed by atoms with Gasteiger partial charge in [-0.1, -0.05) is 221 Å². The number of aryl methyl sites for hydroxylation is 5. The van der Waals surface area contributed by atoms with Gasteiger partial charge in [-0.25, -0.2) is 0 Å². The normalized spacial score (nSPS) is 11.2. The molecule has 280 valence electrons. The molecule has 0 aliphatic rings. The molecule has 0 saturated carbocycles. The molecule has 0 aliphatic carbocycles. The maximum Gasteiger partial charge on any atom is 0.0147 e. The largest absolute Gasteiger partial charge is 0.0622 e. The van der Waals surface area contributed by atoms with E-state index in [1.165, 1.54) is 77.9 Å². The third-order valence-electron chi connectivity index (χ3n) is 10.7. The Morgan fingerprint density at radius 2 is 0.673 bits per heavy atom. The van der Waals surface area contributed by atoms with Gasteiger partial charge in [0.2, 0.25) is 0 Å². The Bertz CT molecular complexity index is 2090. The van der Waals surface area contributed by atoms with Crippen molar-refractivity contribution in [3.05, 3.63) is 225 Å². The SMILES string of the molecule is Cc1ccc(C(C)(C)C)cc1.Cc1ccc(C(C)(C)c2ccc(C)c(-c3ccccc3)c2)cc1-c1ccccc1.Cc1ccc(Cc2ccc(C)cc2)cc1. The van der Waals surface area contributed by atoms with Gasteiger partial charge in [-0.15, -0.1) is 0 Å². The van der Waals surface area contributed by atoms with Crippen LogP contribution in [0.4, 0.5) is 0 Å². The zero-order valence-electron chi connectivity index (χ0n) is 34.9. The third-order valence-corrected chi connectivity index (χ3v) is 10.7. The standard InChI is InChI=1S/C29H28.C15H16.C11H16/c1-21-15-17-25(19-27(21)23-11-7-5-8-12-23)29(3,4)26-18-16-22(2)28(20-26)24-13-9-6-10-14-24;1-12-3-7-14(8-4-12)11-15-9-5-13(2)6-10-15;1-9-5-7-10(8-6-9)11(2,3)4/h5-20H,1-4H3;3-10H,11H2,1-2H3;5-8H,1-4H3. The molecule has 0 atom stereocenters. The molecule has 0 aliphatic heterocycles. The highest BCUT2D eigenvalue weighted by Gasteiger charge is 2.25. The summed E-state index contributed by atoms with van der Waals surface area (Å²) in [5, 5.41) is 0. The first-order chi connectivity index (χ1) is 26.2. The average molecular weight is 721 g/mol. The van der Waals surface area contributed by atoms with E-state index in [-0.39, 0.29) is 10.8 Å². The van der Waals surface area contributed by atoms with Gasteiger partial charge in [0.1, 0.15) is 0 Å². The van der Waals surface area contributed by atoms with Crippen molar-refractivity contribution >= 4 is 0 Å². The Morgan fingerprint density at radius 3 is 1.02 bits per heavy atom. The van der Waals surface area contributed by atoms with E-state index in [9.17, 15) is 0 Å². The summed E-state index contributed by atoms with van der Waals surface area (Å²) in [7, 11) is 0. The zero-order valence-corrected chi connectivity index (χ0v) is 34.9. The first-order valence-corrected chi connectivity index (χ1v) is 19.7. The van der Waals surface area contributed by atoms with Crippen LogP contribution in [0.3, 0.4) is 0 Å². The van der Waals surface area contributed by atoms with Crippen molar-refractivity contribution in [2.45, 2.75) is 86.5 Å². The maximum absolute atomic E-state index is 2.37. The van der Waals surface area contributed by atoms with Crippen molar-refractivity contribution in [2.24, 2.45) is 0 Å². The molecule has 55 heavy (non-hydrogen) atoms. The molecule has 0 saturated heterocycles. The molecule has 7 aromatic rings. The van der Waals surface area contributed by atoms with Crippen LogP contribution in [0.25, 0.3) is 22.3 Å². The summed E-state index contributed by atoms with van der Waals surface area (Å²) in [4.78, 5) is 0. The van der Waals surface area contributed by atoms with E-state index in [0.29, 0.717) is 0 Å². The van der Waals surface area contributed by atoms with Crippen molar-refractivity contribution in [1.82, 2.24) is 0 Å². The van der Waals surface area contributed by atoms with Crippen LogP contribution in [0.15, 0.2) is 170 Å². The number of hydrogen-bond donors (Lipinski definition) is 0. The van der Waals surface area contributed by atoms with Crippen LogP contribution in [0.5, 0.6) is 0 Å². The Morgan fingerprint density at radius 1 is 0.345 bits per heavy atom. The molecule has 0 heterocycles. The predicted octanol–water partition coefficient (Wildman–Crippen LogP) is 15.2. The summed E-state index contributed by atoms with van der Waals surface area (Å²) in [6, 6.07) is 61.4. The first-order valence-electron chi connectivity index (χ1n) is 19.7. The molecular formula is C55H60. The van der Waals surface area contributed by atoms with Crippen molar-refractivity contribution in [3.8, 4) is 22.3 Å². The van der Waals surface area contributed by atoms with E-state index in [4.69, 9.17) is 0 Å². The second kappa shape index (κ2) is 18.2. The molecule has 0 fully saturated rings. The molecule has 0 radical (unpaired) electrons. The van der Waals surface area contributed by atoms with Crippen molar-refractivity contribution in [2.75, 3.05) is 0 Å². The highest BCUT2D eigenvalue weighted by Crippen LogP contribution is 2.37. The molecule has 0 N–H and O–H groups in total. The Hall–Kier alpha value is -5.46. The van der Waals surface area contributed by atoms with Gasteiger partial charge in [-0.3, -0.25) is 0 Å². The number of hydrogen-bond acceptors (Lipinski definition) is 0. The molecule has 0 spiro atoms. The summed E-state index contributed by atoms with van der Waals surface area (Å²) in [6.07, 6.45) is 1.03. The summed E-state index contributed by atoms with van der Waals surface area (Å²) in [6.45, 7) is 22.1. The summed E-state index contributed by atoms with van der Waals surface area (Å²) < 4.78 is 0. The smallest absolute Gasteiger partial charge is 0.0147 e. The molecule has 0 heteroatoms. The van der Waals surface area contributed by atoms with Gasteiger partial charge in [-0.2, -0.15) is 0 Å². The second-order valence-corrected chi connectivity index (χ2v) is 16.7. The fraction of sp³-hybridized carbons (Fsp3) is 0.236. The third kappa shape index (κ3) is 11.3. The lowest BCUT2D eigenvalue weighted by molar-refractivity contribution is 0.590. The molecule has 0 bridgehead atoms. The van der Waals surface area contributed by atoms with Crippen molar-refractivity contribution in [1.29, 1.82) is 0 Å². The van der Waals surface area contributed by atoms with E-state index >= 15 is 0 Å². The second-order valence-electron chi connectivity index (χ2n) is 16.7. The van der Waals surface area contributed by atoms with Gasteiger partial charge in [0.25, 0.3) is 0 Å². The van der Waals surface area contributed by atoms with Crippen molar-refractivity contribution < 1.29 is 0 Å². The minimum absolute atomic E-state index is 0.0888. The highest BCUT2D eigenvalue weighted by atomic mass is 14.3. The van der Waals surface area contributed by atoms with Gasteiger partial charge >= 0.3 is 0 Å². The fourth-order valence-corrected chi connectivity index (χ4v) is 6.75. The monoisotopic (exact) mass is 720 g/mol. The Kier molecular flexibility index (Phi) is 13.5. The van der Waals surface area contributed by atoms with E-state index < -0.39 is 0 Å². The highest BCUT2D eigenvalue weighted by molar-refractivity contribution is 5.70. The minimum Gasteiger partial charge on any atom is -0.0622 e. The quantitative estimate of drug-likeness (QED) is 0.160. The van der Waals surface area contributed by atoms with E-state index in [0.717, 1.165) is 6.42 Å². The lowest BCUT2D eigenvalue weighted by Crippen LogP contribution is -2.19. The van der Waals surface area contributed by atoms with Crippen LogP contribution < -0.4 is 0 Å². The molecular weight excluding hydrogens is 661 g/mol. The molecule has 0 nitrogen and oxygen atoms in total. The molecule has 7 rings (SSSR count). The Balaban J connectivity index is 0.000000185. The van der Waals surface area contributed by atoms with Gasteiger partial charge in [-0.05, 0) is 108 Å². The maximum atomic E-state index is 2.37. The predicted molar refractivity (Wildman–Crippen MR) is 240 cm³/mol. The van der Waals surface area contributed by atoms with Gasteiger partial charge < -0.3 is 0 Å². The van der Waals surface area contributed by atoms with E-state index in [2.05, 4.69) is 239 Å². The van der Waals surface area contributed by atoms with Crippen LogP contribution >= 0.6 is 0 Å². The molecule has 0 unspecified atom stereocenters. The molecule has 0 aromatic heterocycles. The van der Waals surface area contributed by atoms with Crippen molar-refractivity contribution in [3.63, 3.8) is 0 Å². The van der Waals surface area contributed by atoms with Crippen LogP contribution in [-0.2, 0) is 17.3 Å². The van der Waals surface area contributed by atoms with Crippen LogP contribution in [0.1, 0.15) is 90.3 Å². The zero-order chi connectivity index (χ0) is 39.6. The summed E-state index contributed by atoms with van der Waals surface area (Å²) in [5.41, 5.74) is 18.8. The lowest BCUT2D eigenvalue weighted by Gasteiger charge is -2.28. The fourth-order valence-electron chi connectivity index (χ4n) is 6.75. The van der Waals surface area contributed by atoms with E-state index in [1.807, 2.05) is 0 Å². The van der Waals surface area contributed by atoms with Gasteiger partial charge in [0.05, 0.1) is 0 Å². The van der Waals surface area contributed by atoms with Gasteiger partial charge in [0, 0.05) is 5.41 Å². The summed E-state index contributed by atoms with van der Waals surface area (Å²) in [5.74, 6) is 0. The average Bonchev–Trinajstić information content (AvgIpc) is 3.18. The first kappa shape index (κ1) is 40.7. The van der Waals surface area contributed by atoms with E-state index in [1.54, 1.807) is 0 Å². The molecule has 7 aromatic carbocycles. The van der Waals surface area contributed by atoms with Gasteiger partial charge in [0.15, 0.2) is 0 Å². The minimum atomic E-state index is -0.0888. The lowest BCUT2D eigenvalue weighted by atomic mass is 9.76.